The molecule has 5 atom stereocenters. The van der Waals surface area contributed by atoms with Crippen molar-refractivity contribution in [3.05, 3.63) is 48.2 Å². The van der Waals surface area contributed by atoms with Gasteiger partial charge in [0.25, 0.3) is 0 Å². The van der Waals surface area contributed by atoms with Crippen molar-refractivity contribution in [3.8, 4) is 0 Å². The molecular formula is C34H47N5O7. The van der Waals surface area contributed by atoms with Crippen molar-refractivity contribution in [3.63, 3.8) is 0 Å². The van der Waals surface area contributed by atoms with Crippen molar-refractivity contribution in [2.75, 3.05) is 20.8 Å². The minimum absolute atomic E-state index is 0.140. The molecule has 3 N–H and O–H groups in total. The van der Waals surface area contributed by atoms with Crippen molar-refractivity contribution in [1.29, 1.82) is 0 Å². The van der Waals surface area contributed by atoms with Crippen LogP contribution in [0.1, 0.15) is 70.8 Å². The molecule has 0 bridgehead atoms. The SMILES string of the molecule is CCC(C)[C@@H]1NC(=O)[C@H](Cc2cn(OC)c3ccccc23)NC(=O)[C@H](CCCC/C=C/C(=O)OC)NC(=O)[C@H]2CCCCN2C1=O. The van der Waals surface area contributed by atoms with Crippen LogP contribution >= 0.6 is 0 Å². The maximum absolute atomic E-state index is 14.0. The van der Waals surface area contributed by atoms with E-state index in [0.29, 0.717) is 45.1 Å². The van der Waals surface area contributed by atoms with Crippen molar-refractivity contribution >= 4 is 40.5 Å². The Morgan fingerprint density at radius 1 is 1.00 bits per heavy atom. The molecule has 2 aliphatic rings. The van der Waals surface area contributed by atoms with Crippen LogP contribution in [0.15, 0.2) is 42.6 Å². The van der Waals surface area contributed by atoms with Gasteiger partial charge in [0.05, 0.1) is 12.6 Å². The summed E-state index contributed by atoms with van der Waals surface area (Å²) >= 11 is 0. The number of para-hydroxylation sites is 1. The largest absolute Gasteiger partial charge is 0.466 e. The topological polar surface area (TPSA) is 148 Å². The smallest absolute Gasteiger partial charge is 0.330 e. The molecule has 3 heterocycles. The first kappa shape index (κ1) is 34.5. The first-order valence-electron chi connectivity index (χ1n) is 16.3. The van der Waals surface area contributed by atoms with Crippen LogP contribution in [0.5, 0.6) is 0 Å². The third-order valence-corrected chi connectivity index (χ3v) is 9.08. The van der Waals surface area contributed by atoms with Gasteiger partial charge in [0, 0.05) is 30.6 Å². The number of unbranched alkanes of at least 4 members (excludes halogenated alkanes) is 2. The average molecular weight is 638 g/mol. The van der Waals surface area contributed by atoms with Gasteiger partial charge in [0.15, 0.2) is 0 Å². The van der Waals surface area contributed by atoms with Gasteiger partial charge in [-0.1, -0.05) is 51.0 Å². The third kappa shape index (κ3) is 8.27. The van der Waals surface area contributed by atoms with Crippen molar-refractivity contribution in [2.24, 2.45) is 5.92 Å². The first-order valence-corrected chi connectivity index (χ1v) is 16.3. The molecule has 1 aromatic heterocycles. The van der Waals surface area contributed by atoms with Crippen molar-refractivity contribution in [2.45, 2.75) is 95.8 Å². The minimum atomic E-state index is -1.03. The number of carbonyl (C=O) groups excluding carboxylic acids is 5. The van der Waals surface area contributed by atoms with E-state index in [-0.39, 0.29) is 24.2 Å². The summed E-state index contributed by atoms with van der Waals surface area (Å²) in [5, 5.41) is 9.70. The Kier molecular flexibility index (Phi) is 12.2. The molecule has 46 heavy (non-hydrogen) atoms. The van der Waals surface area contributed by atoms with Crippen LogP contribution in [-0.2, 0) is 35.1 Å². The summed E-state index contributed by atoms with van der Waals surface area (Å²) in [4.78, 5) is 74.2. The van der Waals surface area contributed by atoms with Crippen molar-refractivity contribution in [1.82, 2.24) is 25.6 Å². The summed E-state index contributed by atoms with van der Waals surface area (Å²) in [7, 11) is 2.86. The number of piperidine rings is 1. The Bertz CT molecular complexity index is 1440. The van der Waals surface area contributed by atoms with Gasteiger partial charge in [-0.2, -0.15) is 4.73 Å². The fourth-order valence-electron chi connectivity index (χ4n) is 6.21. The van der Waals surface area contributed by atoms with Crippen LogP contribution in [0.3, 0.4) is 0 Å². The van der Waals surface area contributed by atoms with E-state index in [0.717, 1.165) is 29.3 Å². The maximum atomic E-state index is 14.0. The first-order chi connectivity index (χ1) is 22.2. The standard InChI is InChI=1S/C34H47N5O7/c1-5-22(2)30-34(44)38-19-13-12-17-28(38)33(43)35-25(15-8-6-7-9-18-29(40)45-3)31(41)36-26(32(42)37-30)20-23-21-39(46-4)27-16-11-10-14-24(23)27/h9-11,14,16,18,21-22,25-26,28,30H,5-8,12-13,15,17,19-20H2,1-4H3,(H,35,43)(H,36,41)(H,37,42)/b18-9+/t22?,25-,26-,28+,30-/m0/s1. The third-order valence-electron chi connectivity index (χ3n) is 9.08. The lowest BCUT2D eigenvalue weighted by atomic mass is 9.93. The molecule has 1 unspecified atom stereocenters. The van der Waals surface area contributed by atoms with E-state index in [1.54, 1.807) is 29.0 Å². The van der Waals surface area contributed by atoms with Gasteiger partial charge in [-0.15, -0.1) is 0 Å². The minimum Gasteiger partial charge on any atom is -0.466 e. The lowest BCUT2D eigenvalue weighted by Gasteiger charge is -2.39. The zero-order chi connectivity index (χ0) is 33.2. The number of nitrogens with one attached hydrogen (secondary N) is 3. The summed E-state index contributed by atoms with van der Waals surface area (Å²) in [5.41, 5.74) is 1.60. The van der Waals surface area contributed by atoms with E-state index >= 15 is 0 Å². The van der Waals surface area contributed by atoms with Crippen molar-refractivity contribution < 1.29 is 33.5 Å². The molecule has 0 aliphatic carbocycles. The number of amides is 4. The molecule has 0 radical (unpaired) electrons. The highest BCUT2D eigenvalue weighted by atomic mass is 16.6. The van der Waals surface area contributed by atoms with E-state index in [1.807, 2.05) is 38.1 Å². The monoisotopic (exact) mass is 637 g/mol. The van der Waals surface area contributed by atoms with Gasteiger partial charge in [-0.3, -0.25) is 19.2 Å². The average Bonchev–Trinajstić information content (AvgIpc) is 3.43. The molecule has 250 valence electrons. The number of allylic oxidation sites excluding steroid dienone is 1. The lowest BCUT2D eigenvalue weighted by molar-refractivity contribution is -0.147. The predicted octanol–water partition coefficient (Wildman–Crippen LogP) is 2.43. The number of rotatable bonds is 11. The number of aromatic nitrogens is 1. The van der Waals surface area contributed by atoms with Gasteiger partial charge in [0.1, 0.15) is 31.3 Å². The van der Waals surface area contributed by atoms with Gasteiger partial charge < -0.3 is 30.4 Å². The second-order valence-electron chi connectivity index (χ2n) is 12.1. The normalized spacial score (nSPS) is 23.5. The highest BCUT2D eigenvalue weighted by Gasteiger charge is 2.40. The van der Waals surface area contributed by atoms with Crippen LogP contribution in [0.2, 0.25) is 0 Å². The Hall–Kier alpha value is -4.35. The van der Waals surface area contributed by atoms with E-state index in [1.165, 1.54) is 13.2 Å². The number of ether oxygens (including phenoxy) is 1. The van der Waals surface area contributed by atoms with Crippen LogP contribution in [0.25, 0.3) is 10.9 Å². The Labute approximate surface area is 270 Å². The summed E-state index contributed by atoms with van der Waals surface area (Å²) < 4.78 is 6.23. The van der Waals surface area contributed by atoms with Crippen LogP contribution in [0.4, 0.5) is 0 Å². The molecule has 2 fully saturated rings. The van der Waals surface area contributed by atoms with Crippen LogP contribution in [0, 0.1) is 5.92 Å². The van der Waals surface area contributed by atoms with Gasteiger partial charge in [0.2, 0.25) is 23.6 Å². The Balaban J connectivity index is 1.65. The van der Waals surface area contributed by atoms with E-state index in [9.17, 15) is 24.0 Å². The van der Waals surface area contributed by atoms with Gasteiger partial charge in [-0.25, -0.2) is 4.79 Å². The van der Waals surface area contributed by atoms with Gasteiger partial charge in [-0.05, 0) is 56.1 Å². The Morgan fingerprint density at radius 3 is 2.48 bits per heavy atom. The summed E-state index contributed by atoms with van der Waals surface area (Å²) in [6, 6.07) is 4.09. The number of hydrogen-bond acceptors (Lipinski definition) is 7. The van der Waals surface area contributed by atoms with Crippen LogP contribution < -0.4 is 20.8 Å². The molecule has 0 saturated carbocycles. The molecule has 1 aromatic carbocycles. The molecule has 12 heteroatoms. The summed E-state index contributed by atoms with van der Waals surface area (Å²) in [5.74, 6) is -2.22. The highest BCUT2D eigenvalue weighted by Crippen LogP contribution is 2.24. The highest BCUT2D eigenvalue weighted by molar-refractivity contribution is 5.98. The van der Waals surface area contributed by atoms with Gasteiger partial charge >= 0.3 is 5.97 Å². The number of benzene rings is 1. The van der Waals surface area contributed by atoms with E-state index < -0.39 is 42.0 Å². The molecule has 12 nitrogen and oxygen atoms in total. The fourth-order valence-corrected chi connectivity index (χ4v) is 6.21. The quantitative estimate of drug-likeness (QED) is 0.195. The molecule has 4 rings (SSSR count). The molecular weight excluding hydrogens is 590 g/mol. The number of nitrogens with zero attached hydrogens (tertiary/aromatic N) is 2. The fraction of sp³-hybridized carbons (Fsp3) is 0.559. The summed E-state index contributed by atoms with van der Waals surface area (Å²) in [6.07, 6.45) is 9.80. The Morgan fingerprint density at radius 2 is 1.74 bits per heavy atom. The number of esters is 1. The zero-order valence-electron chi connectivity index (χ0n) is 27.3. The number of fused-ring (bicyclic) bond motifs is 2. The zero-order valence-corrected chi connectivity index (χ0v) is 27.3. The second-order valence-corrected chi connectivity index (χ2v) is 12.1. The molecule has 2 aromatic rings. The maximum Gasteiger partial charge on any atom is 0.330 e. The second kappa shape index (κ2) is 16.3. The van der Waals surface area contributed by atoms with E-state index in [2.05, 4.69) is 20.7 Å². The molecule has 2 aliphatic heterocycles. The molecule has 2 saturated heterocycles. The lowest BCUT2D eigenvalue weighted by Crippen LogP contribution is -2.64. The van der Waals surface area contributed by atoms with E-state index in [4.69, 9.17) is 4.84 Å². The number of hydrogen-bond donors (Lipinski definition) is 3. The van der Waals surface area contributed by atoms with Crippen LogP contribution in [-0.4, -0.2) is 84.2 Å². The molecule has 4 amide bonds. The number of carbonyl (C=O) groups is 5. The summed E-state index contributed by atoms with van der Waals surface area (Å²) in [6.45, 7) is 4.27. The number of methoxy groups -OCH3 is 1. The molecule has 0 spiro atoms. The predicted molar refractivity (Wildman–Crippen MR) is 172 cm³/mol.